The van der Waals surface area contributed by atoms with Gasteiger partial charge in [-0.2, -0.15) is 0 Å². The third-order valence-electron chi connectivity index (χ3n) is 3.41. The van der Waals surface area contributed by atoms with E-state index in [-0.39, 0.29) is 5.91 Å². The van der Waals surface area contributed by atoms with Crippen LogP contribution in [0.3, 0.4) is 0 Å². The van der Waals surface area contributed by atoms with E-state index >= 15 is 0 Å². The number of hydrogen-bond acceptors (Lipinski definition) is 4. The molecule has 102 valence electrons. The highest BCUT2D eigenvalue weighted by Gasteiger charge is 2.12. The molecule has 1 aromatic heterocycles. The first-order valence-electron chi connectivity index (χ1n) is 6.74. The van der Waals surface area contributed by atoms with Crippen LogP contribution in [0.1, 0.15) is 23.1 Å². The number of hydrogen-bond donors (Lipinski definition) is 2. The molecule has 5 nitrogen and oxygen atoms in total. The molecule has 1 heterocycles. The quantitative estimate of drug-likeness (QED) is 0.827. The number of amides is 1. The smallest absolute Gasteiger partial charge is 0.242 e. The van der Waals surface area contributed by atoms with Crippen molar-refractivity contribution in [3.8, 4) is 0 Å². The number of aromatic nitrogens is 2. The van der Waals surface area contributed by atoms with E-state index in [0.717, 1.165) is 18.4 Å². The molecule has 2 aromatic rings. The summed E-state index contributed by atoms with van der Waals surface area (Å²) < 4.78 is 0. The molecule has 0 fully saturated rings. The second-order valence-corrected chi connectivity index (χ2v) is 4.88. The molecule has 20 heavy (non-hydrogen) atoms. The Bertz CT molecular complexity index is 613. The van der Waals surface area contributed by atoms with Gasteiger partial charge in [0.1, 0.15) is 0 Å². The molecule has 1 amide bonds. The van der Waals surface area contributed by atoms with Gasteiger partial charge in [0, 0.05) is 12.4 Å². The van der Waals surface area contributed by atoms with Gasteiger partial charge in [-0.3, -0.25) is 15.6 Å². The van der Waals surface area contributed by atoms with Crippen molar-refractivity contribution in [2.24, 2.45) is 0 Å². The second-order valence-electron chi connectivity index (χ2n) is 4.88. The van der Waals surface area contributed by atoms with Crippen LogP contribution in [0.15, 0.2) is 36.7 Å². The lowest BCUT2D eigenvalue weighted by atomic mass is 10.0. The van der Waals surface area contributed by atoms with Crippen LogP contribution in [0.25, 0.3) is 0 Å². The first kappa shape index (κ1) is 12.6. The van der Waals surface area contributed by atoms with Crippen molar-refractivity contribution < 1.29 is 4.79 Å². The maximum absolute atomic E-state index is 11.9. The zero-order chi connectivity index (χ0) is 13.8. The molecular weight excluding hydrogens is 252 g/mol. The maximum Gasteiger partial charge on any atom is 0.242 e. The standard InChI is InChI=1S/C15H16N4O/c20-14(18-19-15-16-7-2-8-17-15)10-11-5-6-12-3-1-4-13(12)9-11/h2,5-9H,1,3-4,10H2,(H,18,20)(H,16,17,19). The molecule has 0 radical (unpaired) electrons. The van der Waals surface area contributed by atoms with Gasteiger partial charge in [0.15, 0.2) is 0 Å². The molecule has 0 atom stereocenters. The van der Waals surface area contributed by atoms with E-state index in [2.05, 4.69) is 33.0 Å². The molecule has 0 spiro atoms. The number of nitrogens with one attached hydrogen (secondary N) is 2. The lowest BCUT2D eigenvalue weighted by molar-refractivity contribution is -0.119. The SMILES string of the molecule is O=C(Cc1ccc2c(c1)CCC2)NNc1ncccn1. The molecule has 5 heteroatoms. The Morgan fingerprint density at radius 2 is 1.95 bits per heavy atom. The number of fused-ring (bicyclic) bond motifs is 1. The van der Waals surface area contributed by atoms with Crippen molar-refractivity contribution in [3.63, 3.8) is 0 Å². The number of aryl methyl sites for hydroxylation is 2. The summed E-state index contributed by atoms with van der Waals surface area (Å²) in [4.78, 5) is 19.8. The predicted molar refractivity (Wildman–Crippen MR) is 76.0 cm³/mol. The third kappa shape index (κ3) is 2.93. The first-order chi connectivity index (χ1) is 9.81. The minimum Gasteiger partial charge on any atom is -0.273 e. The summed E-state index contributed by atoms with van der Waals surface area (Å²) in [5.41, 5.74) is 9.14. The molecule has 0 bridgehead atoms. The van der Waals surface area contributed by atoms with Crippen molar-refractivity contribution in [1.82, 2.24) is 15.4 Å². The highest BCUT2D eigenvalue weighted by Crippen LogP contribution is 2.22. The summed E-state index contributed by atoms with van der Waals surface area (Å²) >= 11 is 0. The van der Waals surface area contributed by atoms with Crippen molar-refractivity contribution >= 4 is 11.9 Å². The molecular formula is C15H16N4O. The van der Waals surface area contributed by atoms with Gasteiger partial charge in [0.2, 0.25) is 11.9 Å². The van der Waals surface area contributed by atoms with Crippen LogP contribution in [0.4, 0.5) is 5.95 Å². The fourth-order valence-electron chi connectivity index (χ4n) is 2.45. The Kier molecular flexibility index (Phi) is 3.58. The summed E-state index contributed by atoms with van der Waals surface area (Å²) in [6.07, 6.45) is 7.09. The molecule has 0 aliphatic heterocycles. The summed E-state index contributed by atoms with van der Waals surface area (Å²) in [6, 6.07) is 8.03. The first-order valence-corrected chi connectivity index (χ1v) is 6.74. The van der Waals surface area contributed by atoms with E-state index in [1.807, 2.05) is 6.07 Å². The van der Waals surface area contributed by atoms with Crippen molar-refractivity contribution in [2.45, 2.75) is 25.7 Å². The van der Waals surface area contributed by atoms with Crippen molar-refractivity contribution in [3.05, 3.63) is 53.3 Å². The number of benzene rings is 1. The van der Waals surface area contributed by atoms with Gasteiger partial charge in [-0.1, -0.05) is 18.2 Å². The van der Waals surface area contributed by atoms with Gasteiger partial charge in [0.25, 0.3) is 0 Å². The van der Waals surface area contributed by atoms with E-state index in [9.17, 15) is 4.79 Å². The van der Waals surface area contributed by atoms with E-state index < -0.39 is 0 Å². The Morgan fingerprint density at radius 3 is 2.80 bits per heavy atom. The number of hydrazine groups is 1. The van der Waals surface area contributed by atoms with Crippen LogP contribution < -0.4 is 10.9 Å². The monoisotopic (exact) mass is 268 g/mol. The minimum absolute atomic E-state index is 0.101. The fourth-order valence-corrected chi connectivity index (χ4v) is 2.45. The minimum atomic E-state index is -0.101. The number of nitrogens with zero attached hydrogens (tertiary/aromatic N) is 2. The number of carbonyl (C=O) groups excluding carboxylic acids is 1. The zero-order valence-electron chi connectivity index (χ0n) is 11.1. The molecule has 2 N–H and O–H groups in total. The lowest BCUT2D eigenvalue weighted by Crippen LogP contribution is -2.31. The highest BCUT2D eigenvalue weighted by molar-refractivity contribution is 5.79. The van der Waals surface area contributed by atoms with Crippen LogP contribution in [-0.2, 0) is 24.1 Å². The predicted octanol–water partition coefficient (Wildman–Crippen LogP) is 1.65. The molecule has 0 unspecified atom stereocenters. The molecule has 1 aromatic carbocycles. The van der Waals surface area contributed by atoms with Crippen LogP contribution in [-0.4, -0.2) is 15.9 Å². The summed E-state index contributed by atoms with van der Waals surface area (Å²) in [7, 11) is 0. The third-order valence-corrected chi connectivity index (χ3v) is 3.41. The normalized spacial score (nSPS) is 12.8. The fraction of sp³-hybridized carbons (Fsp3) is 0.267. The summed E-state index contributed by atoms with van der Waals surface area (Å²) in [6.45, 7) is 0. The Morgan fingerprint density at radius 1 is 1.15 bits per heavy atom. The van der Waals surface area contributed by atoms with Crippen molar-refractivity contribution in [1.29, 1.82) is 0 Å². The van der Waals surface area contributed by atoms with Crippen LogP contribution in [0, 0.1) is 0 Å². The maximum atomic E-state index is 11.9. The number of rotatable bonds is 4. The Hall–Kier alpha value is -2.43. The van der Waals surface area contributed by atoms with Crippen LogP contribution in [0.2, 0.25) is 0 Å². The van der Waals surface area contributed by atoms with Gasteiger partial charge in [-0.15, -0.1) is 0 Å². The number of carbonyl (C=O) groups is 1. The summed E-state index contributed by atoms with van der Waals surface area (Å²) in [5, 5.41) is 0. The average Bonchev–Trinajstić information content (AvgIpc) is 2.94. The highest BCUT2D eigenvalue weighted by atomic mass is 16.2. The molecule has 3 rings (SSSR count). The molecule has 1 aliphatic carbocycles. The van der Waals surface area contributed by atoms with E-state index in [0.29, 0.717) is 12.4 Å². The van der Waals surface area contributed by atoms with Gasteiger partial charge in [-0.25, -0.2) is 9.97 Å². The Balaban J connectivity index is 1.56. The van der Waals surface area contributed by atoms with Crippen LogP contribution >= 0.6 is 0 Å². The number of anilines is 1. The molecule has 0 saturated heterocycles. The largest absolute Gasteiger partial charge is 0.273 e. The van der Waals surface area contributed by atoms with E-state index in [1.165, 1.54) is 17.5 Å². The van der Waals surface area contributed by atoms with E-state index in [4.69, 9.17) is 0 Å². The second kappa shape index (κ2) is 5.69. The van der Waals surface area contributed by atoms with Gasteiger partial charge in [0.05, 0.1) is 6.42 Å². The van der Waals surface area contributed by atoms with Gasteiger partial charge in [-0.05, 0) is 42.0 Å². The average molecular weight is 268 g/mol. The Labute approximate surface area is 117 Å². The van der Waals surface area contributed by atoms with Gasteiger partial charge < -0.3 is 0 Å². The molecule has 1 aliphatic rings. The van der Waals surface area contributed by atoms with Crippen LogP contribution in [0.5, 0.6) is 0 Å². The van der Waals surface area contributed by atoms with E-state index in [1.54, 1.807) is 18.5 Å². The van der Waals surface area contributed by atoms with Gasteiger partial charge >= 0.3 is 0 Å². The molecule has 0 saturated carbocycles. The lowest BCUT2D eigenvalue weighted by Gasteiger charge is -2.07. The zero-order valence-corrected chi connectivity index (χ0v) is 11.1. The topological polar surface area (TPSA) is 66.9 Å². The summed E-state index contributed by atoms with van der Waals surface area (Å²) in [5.74, 6) is 0.283. The van der Waals surface area contributed by atoms with Crippen molar-refractivity contribution in [2.75, 3.05) is 5.43 Å².